The number of ether oxygens (including phenoxy) is 2. The van der Waals surface area contributed by atoms with Crippen LogP contribution in [0.3, 0.4) is 0 Å². The highest BCUT2D eigenvalue weighted by Gasteiger charge is 2.36. The molecule has 0 amide bonds. The molecule has 0 saturated heterocycles. The summed E-state index contributed by atoms with van der Waals surface area (Å²) in [5.41, 5.74) is 7.99. The summed E-state index contributed by atoms with van der Waals surface area (Å²) in [6, 6.07) is 9.78. The van der Waals surface area contributed by atoms with Gasteiger partial charge in [-0.1, -0.05) is 6.07 Å². The molecule has 2 aromatic carbocycles. The van der Waals surface area contributed by atoms with E-state index in [0.29, 0.717) is 29.3 Å². The van der Waals surface area contributed by atoms with E-state index >= 15 is 0 Å². The molecule has 6 nitrogen and oxygen atoms in total. The van der Waals surface area contributed by atoms with E-state index in [1.54, 1.807) is 18.2 Å². The summed E-state index contributed by atoms with van der Waals surface area (Å²) >= 11 is 0. The normalized spacial score (nSPS) is 16.8. The predicted octanol–water partition coefficient (Wildman–Crippen LogP) is 2.43. The number of rotatable bonds is 4. The molecule has 128 valence electrons. The van der Waals surface area contributed by atoms with Gasteiger partial charge in [0.15, 0.2) is 11.5 Å². The number of anilines is 2. The van der Waals surface area contributed by atoms with Crippen LogP contribution < -0.4 is 19.5 Å². The van der Waals surface area contributed by atoms with E-state index in [0.717, 1.165) is 5.56 Å². The molecule has 1 atom stereocenters. The molecule has 7 heteroatoms. The third-order valence-corrected chi connectivity index (χ3v) is 6.10. The highest BCUT2D eigenvalue weighted by molar-refractivity contribution is 7.92. The lowest BCUT2D eigenvalue weighted by Gasteiger charge is -2.25. The summed E-state index contributed by atoms with van der Waals surface area (Å²) in [4.78, 5) is 0.155. The summed E-state index contributed by atoms with van der Waals surface area (Å²) < 4.78 is 38.2. The first kappa shape index (κ1) is 16.4. The minimum absolute atomic E-state index is 0.155. The molecular weight excluding hydrogens is 328 g/mol. The highest BCUT2D eigenvalue weighted by atomic mass is 32.2. The summed E-state index contributed by atoms with van der Waals surface area (Å²) in [7, 11) is -0.751. The Morgan fingerprint density at radius 2 is 1.79 bits per heavy atom. The van der Waals surface area contributed by atoms with Gasteiger partial charge in [0.2, 0.25) is 0 Å². The molecule has 1 aliphatic heterocycles. The van der Waals surface area contributed by atoms with Gasteiger partial charge in [-0.15, -0.1) is 0 Å². The van der Waals surface area contributed by atoms with E-state index in [1.165, 1.54) is 30.7 Å². The maximum Gasteiger partial charge on any atom is 0.264 e. The second kappa shape index (κ2) is 5.90. The van der Waals surface area contributed by atoms with Crippen molar-refractivity contribution in [3.63, 3.8) is 0 Å². The first-order valence-corrected chi connectivity index (χ1v) is 8.97. The van der Waals surface area contributed by atoms with E-state index in [4.69, 9.17) is 15.2 Å². The lowest BCUT2D eigenvalue weighted by molar-refractivity contribution is 0.354. The smallest absolute Gasteiger partial charge is 0.264 e. The number of hydrogen-bond donors (Lipinski definition) is 1. The fourth-order valence-corrected chi connectivity index (χ4v) is 4.75. The van der Waals surface area contributed by atoms with Gasteiger partial charge in [-0.3, -0.25) is 4.31 Å². The van der Waals surface area contributed by atoms with Crippen molar-refractivity contribution < 1.29 is 17.9 Å². The Bertz CT molecular complexity index is 880. The van der Waals surface area contributed by atoms with Crippen LogP contribution in [-0.2, 0) is 16.4 Å². The van der Waals surface area contributed by atoms with Crippen LogP contribution in [0.4, 0.5) is 11.4 Å². The summed E-state index contributed by atoms with van der Waals surface area (Å²) in [6.45, 7) is 1.88. The summed E-state index contributed by atoms with van der Waals surface area (Å²) in [6.07, 6.45) is 0.655. The lowest BCUT2D eigenvalue weighted by Crippen LogP contribution is -2.35. The number of nitrogens with two attached hydrogens (primary N) is 1. The zero-order valence-electron chi connectivity index (χ0n) is 13.8. The minimum atomic E-state index is -3.73. The van der Waals surface area contributed by atoms with Crippen molar-refractivity contribution in [2.24, 2.45) is 0 Å². The van der Waals surface area contributed by atoms with Crippen LogP contribution in [0, 0.1) is 0 Å². The van der Waals surface area contributed by atoms with E-state index in [9.17, 15) is 8.42 Å². The fourth-order valence-electron chi connectivity index (χ4n) is 3.05. The van der Waals surface area contributed by atoms with Gasteiger partial charge in [-0.05, 0) is 43.2 Å². The van der Waals surface area contributed by atoms with E-state index in [1.807, 2.05) is 13.0 Å². The average molecular weight is 348 g/mol. The van der Waals surface area contributed by atoms with Crippen LogP contribution in [0.1, 0.15) is 12.5 Å². The molecule has 0 radical (unpaired) electrons. The summed E-state index contributed by atoms with van der Waals surface area (Å²) in [5, 5.41) is 0. The van der Waals surface area contributed by atoms with Gasteiger partial charge in [0, 0.05) is 17.8 Å². The molecule has 0 aliphatic carbocycles. The highest BCUT2D eigenvalue weighted by Crippen LogP contribution is 2.39. The maximum absolute atomic E-state index is 13.2. The van der Waals surface area contributed by atoms with Crippen LogP contribution in [0.2, 0.25) is 0 Å². The Hall–Kier alpha value is -2.41. The lowest BCUT2D eigenvalue weighted by atomic mass is 10.1. The number of benzene rings is 2. The van der Waals surface area contributed by atoms with Crippen LogP contribution >= 0.6 is 0 Å². The standard InChI is InChI=1S/C17H20N2O4S/c1-11-8-12-4-5-13(18)9-15(12)19(11)24(20,21)14-6-7-16(22-2)17(10-14)23-3/h4-7,9-11H,8,18H2,1-3H3. The predicted molar refractivity (Wildman–Crippen MR) is 93.2 cm³/mol. The molecule has 2 N–H and O–H groups in total. The number of methoxy groups -OCH3 is 2. The van der Waals surface area contributed by atoms with Gasteiger partial charge in [0.25, 0.3) is 10.0 Å². The first-order chi connectivity index (χ1) is 11.4. The Morgan fingerprint density at radius 3 is 2.46 bits per heavy atom. The van der Waals surface area contributed by atoms with E-state index < -0.39 is 10.0 Å². The molecule has 0 saturated carbocycles. The maximum atomic E-state index is 13.2. The first-order valence-electron chi connectivity index (χ1n) is 7.53. The van der Waals surface area contributed by atoms with Gasteiger partial charge in [-0.2, -0.15) is 0 Å². The van der Waals surface area contributed by atoms with Gasteiger partial charge in [0.05, 0.1) is 24.8 Å². The van der Waals surface area contributed by atoms with Gasteiger partial charge >= 0.3 is 0 Å². The molecule has 1 aliphatic rings. The quantitative estimate of drug-likeness (QED) is 0.858. The van der Waals surface area contributed by atoms with Gasteiger partial charge in [-0.25, -0.2) is 8.42 Å². The minimum Gasteiger partial charge on any atom is -0.493 e. The molecule has 3 rings (SSSR count). The molecule has 0 bridgehead atoms. The van der Waals surface area contributed by atoms with Gasteiger partial charge < -0.3 is 15.2 Å². The number of sulfonamides is 1. The van der Waals surface area contributed by atoms with Crippen molar-refractivity contribution in [1.29, 1.82) is 0 Å². The number of nitrogens with zero attached hydrogens (tertiary/aromatic N) is 1. The largest absolute Gasteiger partial charge is 0.493 e. The molecule has 0 fully saturated rings. The number of nitrogen functional groups attached to an aromatic ring is 1. The van der Waals surface area contributed by atoms with E-state index in [2.05, 4.69) is 0 Å². The van der Waals surface area contributed by atoms with Crippen LogP contribution in [0.15, 0.2) is 41.3 Å². The topological polar surface area (TPSA) is 81.9 Å². The van der Waals surface area contributed by atoms with Crippen molar-refractivity contribution in [1.82, 2.24) is 0 Å². The SMILES string of the molecule is COc1ccc(S(=O)(=O)N2c3cc(N)ccc3CC2C)cc1OC. The van der Waals surface area contributed by atoms with Crippen LogP contribution in [0.25, 0.3) is 0 Å². The van der Waals surface area contributed by atoms with Crippen molar-refractivity contribution in [3.8, 4) is 11.5 Å². The van der Waals surface area contributed by atoms with Crippen LogP contribution in [0.5, 0.6) is 11.5 Å². The molecule has 2 aromatic rings. The Balaban J connectivity index is 2.11. The second-order valence-corrected chi connectivity index (χ2v) is 7.57. The monoisotopic (exact) mass is 348 g/mol. The fraction of sp³-hybridized carbons (Fsp3) is 0.294. The van der Waals surface area contributed by atoms with Crippen molar-refractivity contribution in [2.75, 3.05) is 24.3 Å². The third-order valence-electron chi connectivity index (χ3n) is 4.17. The molecule has 0 spiro atoms. The molecule has 24 heavy (non-hydrogen) atoms. The Morgan fingerprint density at radius 1 is 1.08 bits per heavy atom. The van der Waals surface area contributed by atoms with Crippen molar-refractivity contribution in [2.45, 2.75) is 24.3 Å². The summed E-state index contributed by atoms with van der Waals surface area (Å²) in [5.74, 6) is 0.855. The zero-order chi connectivity index (χ0) is 17.5. The number of hydrogen-bond acceptors (Lipinski definition) is 5. The Labute approximate surface area is 141 Å². The molecule has 1 unspecified atom stereocenters. The molecular formula is C17H20N2O4S. The van der Waals surface area contributed by atoms with Crippen molar-refractivity contribution in [3.05, 3.63) is 42.0 Å². The number of fused-ring (bicyclic) bond motifs is 1. The van der Waals surface area contributed by atoms with Crippen molar-refractivity contribution >= 4 is 21.4 Å². The van der Waals surface area contributed by atoms with Gasteiger partial charge in [0.1, 0.15) is 0 Å². The Kier molecular flexibility index (Phi) is 4.04. The zero-order valence-corrected chi connectivity index (χ0v) is 14.6. The second-order valence-electron chi connectivity index (χ2n) is 5.76. The molecule has 1 heterocycles. The molecule has 0 aromatic heterocycles. The van der Waals surface area contributed by atoms with E-state index in [-0.39, 0.29) is 10.9 Å². The van der Waals surface area contributed by atoms with Crippen LogP contribution in [-0.4, -0.2) is 28.7 Å². The average Bonchev–Trinajstić information content (AvgIpc) is 2.89. The third kappa shape index (κ3) is 2.54.